The first-order valence-electron chi connectivity index (χ1n) is 10.8. The summed E-state index contributed by atoms with van der Waals surface area (Å²) in [5, 5.41) is 0. The molecular formula is C22H35N3O2. The monoisotopic (exact) mass is 373 g/mol. The summed E-state index contributed by atoms with van der Waals surface area (Å²) in [6.45, 7) is 12.6. The van der Waals surface area contributed by atoms with Crippen LogP contribution in [0.4, 0.5) is 0 Å². The summed E-state index contributed by atoms with van der Waals surface area (Å²) in [4.78, 5) is 7.72. The van der Waals surface area contributed by atoms with Gasteiger partial charge in [0.25, 0.3) is 0 Å². The summed E-state index contributed by atoms with van der Waals surface area (Å²) < 4.78 is 11.4. The SMILES string of the molecule is C[C@H]1CCCCN1C1CN(Cc2cccc(OCCN3CCOCC3)c2)C1. The minimum atomic E-state index is 0.752. The van der Waals surface area contributed by atoms with E-state index in [1.807, 2.05) is 0 Å². The molecule has 3 saturated heterocycles. The maximum absolute atomic E-state index is 6.00. The Morgan fingerprint density at radius 3 is 2.74 bits per heavy atom. The molecule has 0 unspecified atom stereocenters. The molecule has 5 heteroatoms. The van der Waals surface area contributed by atoms with Crippen LogP contribution in [0.5, 0.6) is 5.75 Å². The second-order valence-corrected chi connectivity index (χ2v) is 8.38. The van der Waals surface area contributed by atoms with Crippen molar-refractivity contribution >= 4 is 0 Å². The topological polar surface area (TPSA) is 28.2 Å². The van der Waals surface area contributed by atoms with Crippen molar-refractivity contribution in [3.8, 4) is 5.75 Å². The average molecular weight is 374 g/mol. The maximum atomic E-state index is 6.00. The third-order valence-electron chi connectivity index (χ3n) is 6.35. The van der Waals surface area contributed by atoms with Crippen molar-refractivity contribution in [3.63, 3.8) is 0 Å². The first-order chi connectivity index (χ1) is 13.3. The number of hydrogen-bond donors (Lipinski definition) is 0. The van der Waals surface area contributed by atoms with E-state index in [0.29, 0.717) is 0 Å². The third kappa shape index (κ3) is 5.23. The molecule has 0 spiro atoms. The Morgan fingerprint density at radius 2 is 1.93 bits per heavy atom. The van der Waals surface area contributed by atoms with Crippen LogP contribution < -0.4 is 4.74 Å². The Labute approximate surface area is 164 Å². The zero-order valence-electron chi connectivity index (χ0n) is 16.8. The standard InChI is InChI=1S/C22H35N3O2/c1-19-5-2-3-8-25(19)21-17-24(18-21)16-20-6-4-7-22(15-20)27-14-11-23-9-12-26-13-10-23/h4,6-7,15,19,21H,2-3,5,8-14,16-18H2,1H3/t19-/m0/s1. The van der Waals surface area contributed by atoms with Crippen LogP contribution in [0.2, 0.25) is 0 Å². The Bertz CT molecular complexity index is 585. The average Bonchev–Trinajstić information content (AvgIpc) is 2.66. The number of nitrogens with zero attached hydrogens (tertiary/aromatic N) is 3. The van der Waals surface area contributed by atoms with Gasteiger partial charge < -0.3 is 9.47 Å². The Hall–Kier alpha value is -1.14. The molecule has 0 amide bonds. The predicted molar refractivity (Wildman–Crippen MR) is 108 cm³/mol. The highest BCUT2D eigenvalue weighted by atomic mass is 16.5. The summed E-state index contributed by atoms with van der Waals surface area (Å²) in [6, 6.07) is 10.2. The summed E-state index contributed by atoms with van der Waals surface area (Å²) in [6.07, 6.45) is 4.16. The number of hydrogen-bond acceptors (Lipinski definition) is 5. The van der Waals surface area contributed by atoms with Crippen LogP contribution in [0, 0.1) is 0 Å². The molecular weight excluding hydrogens is 338 g/mol. The Morgan fingerprint density at radius 1 is 1.07 bits per heavy atom. The van der Waals surface area contributed by atoms with Crippen LogP contribution in [0.3, 0.4) is 0 Å². The number of ether oxygens (including phenoxy) is 2. The van der Waals surface area contributed by atoms with Crippen molar-refractivity contribution in [3.05, 3.63) is 29.8 Å². The molecule has 3 aliphatic rings. The van der Waals surface area contributed by atoms with Gasteiger partial charge in [0.15, 0.2) is 0 Å². The van der Waals surface area contributed by atoms with Gasteiger partial charge in [0.1, 0.15) is 12.4 Å². The van der Waals surface area contributed by atoms with E-state index in [-0.39, 0.29) is 0 Å². The molecule has 27 heavy (non-hydrogen) atoms. The quantitative estimate of drug-likeness (QED) is 0.732. The highest BCUT2D eigenvalue weighted by Gasteiger charge is 2.34. The van der Waals surface area contributed by atoms with Crippen molar-refractivity contribution in [2.24, 2.45) is 0 Å². The fraction of sp³-hybridized carbons (Fsp3) is 0.727. The first kappa shape index (κ1) is 19.2. The molecule has 1 aromatic carbocycles. The zero-order valence-corrected chi connectivity index (χ0v) is 16.8. The van der Waals surface area contributed by atoms with Crippen LogP contribution in [0.25, 0.3) is 0 Å². The van der Waals surface area contributed by atoms with E-state index in [2.05, 4.69) is 45.9 Å². The number of morpholine rings is 1. The van der Waals surface area contributed by atoms with E-state index in [0.717, 1.165) is 63.8 Å². The molecule has 150 valence electrons. The molecule has 1 atom stereocenters. The van der Waals surface area contributed by atoms with Crippen molar-refractivity contribution in [2.45, 2.75) is 44.8 Å². The second kappa shape index (κ2) is 9.37. The number of likely N-dealkylation sites (tertiary alicyclic amines) is 2. The minimum absolute atomic E-state index is 0.752. The van der Waals surface area contributed by atoms with Gasteiger partial charge in [-0.25, -0.2) is 0 Å². The lowest BCUT2D eigenvalue weighted by Gasteiger charge is -2.49. The largest absolute Gasteiger partial charge is 0.492 e. The van der Waals surface area contributed by atoms with Crippen LogP contribution in [0.15, 0.2) is 24.3 Å². The van der Waals surface area contributed by atoms with Crippen LogP contribution in [0.1, 0.15) is 31.7 Å². The summed E-state index contributed by atoms with van der Waals surface area (Å²) in [5.74, 6) is 1.00. The lowest BCUT2D eigenvalue weighted by atomic mass is 9.97. The van der Waals surface area contributed by atoms with Gasteiger partial charge in [-0.1, -0.05) is 18.6 Å². The number of rotatable bonds is 7. The van der Waals surface area contributed by atoms with E-state index in [4.69, 9.17) is 9.47 Å². The first-order valence-corrected chi connectivity index (χ1v) is 10.8. The number of piperidine rings is 1. The van der Waals surface area contributed by atoms with Gasteiger partial charge >= 0.3 is 0 Å². The predicted octanol–water partition coefficient (Wildman–Crippen LogP) is 2.46. The summed E-state index contributed by atoms with van der Waals surface area (Å²) in [7, 11) is 0. The molecule has 0 N–H and O–H groups in total. The smallest absolute Gasteiger partial charge is 0.119 e. The zero-order chi connectivity index (χ0) is 18.5. The second-order valence-electron chi connectivity index (χ2n) is 8.38. The summed E-state index contributed by atoms with van der Waals surface area (Å²) in [5.41, 5.74) is 1.36. The van der Waals surface area contributed by atoms with Gasteiger partial charge in [-0.2, -0.15) is 0 Å². The van der Waals surface area contributed by atoms with E-state index in [1.54, 1.807) is 0 Å². The van der Waals surface area contributed by atoms with Crippen molar-refractivity contribution in [1.29, 1.82) is 0 Å². The molecule has 1 aromatic rings. The molecule has 3 aliphatic heterocycles. The Kier molecular flexibility index (Phi) is 6.66. The van der Waals surface area contributed by atoms with E-state index in [9.17, 15) is 0 Å². The van der Waals surface area contributed by atoms with E-state index < -0.39 is 0 Å². The van der Waals surface area contributed by atoms with Gasteiger partial charge in [-0.15, -0.1) is 0 Å². The molecule has 0 saturated carbocycles. The molecule has 3 heterocycles. The number of benzene rings is 1. The highest BCUT2D eigenvalue weighted by Crippen LogP contribution is 2.26. The minimum Gasteiger partial charge on any atom is -0.492 e. The van der Waals surface area contributed by atoms with Crippen molar-refractivity contribution < 1.29 is 9.47 Å². The van der Waals surface area contributed by atoms with Gasteiger partial charge in [0.2, 0.25) is 0 Å². The molecule has 0 radical (unpaired) electrons. The lowest BCUT2D eigenvalue weighted by Crippen LogP contribution is -2.61. The third-order valence-corrected chi connectivity index (χ3v) is 6.35. The van der Waals surface area contributed by atoms with Crippen molar-refractivity contribution in [2.75, 3.05) is 59.1 Å². The Balaban J connectivity index is 1.19. The molecule has 3 fully saturated rings. The normalized spacial score (nSPS) is 26.0. The van der Waals surface area contributed by atoms with E-state index in [1.165, 1.54) is 44.5 Å². The molecule has 0 bridgehead atoms. The highest BCUT2D eigenvalue weighted by molar-refractivity contribution is 5.28. The molecule has 4 rings (SSSR count). The van der Waals surface area contributed by atoms with Crippen LogP contribution in [-0.2, 0) is 11.3 Å². The van der Waals surface area contributed by atoms with Crippen LogP contribution in [-0.4, -0.2) is 85.9 Å². The van der Waals surface area contributed by atoms with Gasteiger partial charge in [-0.3, -0.25) is 14.7 Å². The fourth-order valence-corrected chi connectivity index (χ4v) is 4.65. The fourth-order valence-electron chi connectivity index (χ4n) is 4.65. The molecule has 0 aromatic heterocycles. The molecule has 5 nitrogen and oxygen atoms in total. The van der Waals surface area contributed by atoms with E-state index >= 15 is 0 Å². The van der Waals surface area contributed by atoms with Gasteiger partial charge in [0.05, 0.1) is 13.2 Å². The lowest BCUT2D eigenvalue weighted by molar-refractivity contribution is -0.00623. The maximum Gasteiger partial charge on any atom is 0.119 e. The van der Waals surface area contributed by atoms with Gasteiger partial charge in [0, 0.05) is 51.4 Å². The van der Waals surface area contributed by atoms with Crippen molar-refractivity contribution in [1.82, 2.24) is 14.7 Å². The summed E-state index contributed by atoms with van der Waals surface area (Å²) >= 11 is 0. The van der Waals surface area contributed by atoms with Gasteiger partial charge in [-0.05, 0) is 44.0 Å². The molecule has 0 aliphatic carbocycles. The van der Waals surface area contributed by atoms with Crippen LogP contribution >= 0.6 is 0 Å².